The molecule has 1 aromatic heterocycles. The molecule has 3 rings (SSSR count). The minimum atomic E-state index is -2.69. The Morgan fingerprint density at radius 3 is 2.63 bits per heavy atom. The molecule has 142 valence electrons. The molecule has 0 amide bonds. The van der Waals surface area contributed by atoms with Gasteiger partial charge in [-0.05, 0) is 38.1 Å². The number of carbonyl (C=O) groups excluding carboxylic acids is 1. The zero-order valence-electron chi connectivity index (χ0n) is 15.2. The van der Waals surface area contributed by atoms with Crippen LogP contribution in [0.5, 0.6) is 0 Å². The number of benzene rings is 2. The maximum atomic E-state index is 12.7. The Bertz CT molecular complexity index is 936. The van der Waals surface area contributed by atoms with E-state index in [9.17, 15) is 13.6 Å². The Labute approximate surface area is 156 Å². The molecule has 27 heavy (non-hydrogen) atoms. The van der Waals surface area contributed by atoms with Crippen LogP contribution in [0, 0.1) is 0 Å². The first-order valence-corrected chi connectivity index (χ1v) is 8.81. The summed E-state index contributed by atoms with van der Waals surface area (Å²) >= 11 is 0. The van der Waals surface area contributed by atoms with Crippen LogP contribution < -0.4 is 4.90 Å². The van der Waals surface area contributed by atoms with Gasteiger partial charge in [0.05, 0.1) is 16.6 Å². The van der Waals surface area contributed by atoms with Crippen molar-refractivity contribution in [3.63, 3.8) is 0 Å². The Morgan fingerprint density at radius 2 is 1.93 bits per heavy atom. The lowest BCUT2D eigenvalue weighted by atomic mass is 10.1. The molecule has 0 aliphatic heterocycles. The summed E-state index contributed by atoms with van der Waals surface area (Å²) in [5.74, 6) is -0.928. The number of aromatic nitrogens is 2. The molecule has 0 aliphatic rings. The van der Waals surface area contributed by atoms with Gasteiger partial charge in [-0.15, -0.1) is 0 Å². The summed E-state index contributed by atoms with van der Waals surface area (Å²) in [6.45, 7) is 5.97. The highest BCUT2D eigenvalue weighted by Gasteiger charge is 2.16. The van der Waals surface area contributed by atoms with Crippen molar-refractivity contribution in [2.24, 2.45) is 0 Å². The highest BCUT2D eigenvalue weighted by atomic mass is 19.3. The van der Waals surface area contributed by atoms with Crippen LogP contribution >= 0.6 is 0 Å². The second kappa shape index (κ2) is 8.16. The zero-order chi connectivity index (χ0) is 19.4. The number of nitrogens with one attached hydrogen (secondary N) is 1. The fourth-order valence-corrected chi connectivity index (χ4v) is 2.99. The van der Waals surface area contributed by atoms with E-state index in [1.807, 2.05) is 24.3 Å². The van der Waals surface area contributed by atoms with E-state index in [1.54, 1.807) is 0 Å². The molecule has 0 spiro atoms. The normalized spacial score (nSPS) is 11.1. The second-order valence-electron chi connectivity index (χ2n) is 6.03. The Hall–Kier alpha value is -2.96. The molecule has 2 aromatic carbocycles. The molecule has 0 saturated carbocycles. The molecule has 0 saturated heterocycles. The zero-order valence-corrected chi connectivity index (χ0v) is 15.2. The van der Waals surface area contributed by atoms with Gasteiger partial charge in [0.1, 0.15) is 6.61 Å². The number of imidazole rings is 1. The van der Waals surface area contributed by atoms with Gasteiger partial charge in [-0.25, -0.2) is 18.6 Å². The number of hydrogen-bond donors (Lipinski definition) is 1. The number of halogens is 2. The van der Waals surface area contributed by atoms with Crippen LogP contribution in [0.3, 0.4) is 0 Å². The quantitative estimate of drug-likeness (QED) is 0.610. The topological polar surface area (TPSA) is 58.2 Å². The molecule has 1 heterocycles. The van der Waals surface area contributed by atoms with Crippen LogP contribution in [0.25, 0.3) is 11.0 Å². The molecular weight excluding hydrogens is 352 g/mol. The average Bonchev–Trinajstić information content (AvgIpc) is 3.11. The number of hydrogen-bond acceptors (Lipinski definition) is 4. The molecule has 5 nitrogen and oxygen atoms in total. The van der Waals surface area contributed by atoms with E-state index >= 15 is 0 Å². The van der Waals surface area contributed by atoms with Gasteiger partial charge >= 0.3 is 5.97 Å². The van der Waals surface area contributed by atoms with Crippen LogP contribution in [0.2, 0.25) is 0 Å². The first-order valence-electron chi connectivity index (χ1n) is 8.81. The third-order valence-electron chi connectivity index (χ3n) is 4.40. The van der Waals surface area contributed by atoms with Crippen LogP contribution in [-0.2, 0) is 11.3 Å². The number of anilines is 1. The van der Waals surface area contributed by atoms with Crippen LogP contribution in [0.15, 0.2) is 42.5 Å². The van der Waals surface area contributed by atoms with Crippen molar-refractivity contribution in [3.8, 4) is 0 Å². The van der Waals surface area contributed by atoms with Crippen LogP contribution in [0.4, 0.5) is 14.5 Å². The number of para-hydroxylation sites is 1. The first-order chi connectivity index (χ1) is 13.0. The predicted octanol–water partition coefficient (Wildman–Crippen LogP) is 4.70. The van der Waals surface area contributed by atoms with E-state index in [0.29, 0.717) is 11.0 Å². The van der Waals surface area contributed by atoms with Gasteiger partial charge in [0.15, 0.2) is 5.82 Å². The average molecular weight is 373 g/mol. The van der Waals surface area contributed by atoms with E-state index < -0.39 is 18.2 Å². The lowest BCUT2D eigenvalue weighted by Gasteiger charge is -2.24. The van der Waals surface area contributed by atoms with Gasteiger partial charge in [0.2, 0.25) is 0 Å². The molecular formula is C20H21F2N3O2. The Morgan fingerprint density at radius 1 is 1.19 bits per heavy atom. The van der Waals surface area contributed by atoms with Gasteiger partial charge in [0, 0.05) is 24.3 Å². The summed E-state index contributed by atoms with van der Waals surface area (Å²) in [5.41, 5.74) is 2.99. The third kappa shape index (κ3) is 4.07. The number of H-pyrrole nitrogens is 1. The van der Waals surface area contributed by atoms with Gasteiger partial charge in [-0.2, -0.15) is 0 Å². The van der Waals surface area contributed by atoms with Crippen molar-refractivity contribution in [1.29, 1.82) is 0 Å². The van der Waals surface area contributed by atoms with Crippen molar-refractivity contribution in [2.45, 2.75) is 26.9 Å². The molecule has 1 N–H and O–H groups in total. The molecule has 0 bridgehead atoms. The molecule has 0 unspecified atom stereocenters. The van der Waals surface area contributed by atoms with Crippen molar-refractivity contribution in [2.75, 3.05) is 18.0 Å². The smallest absolute Gasteiger partial charge is 0.338 e. The van der Waals surface area contributed by atoms with E-state index in [0.717, 1.165) is 24.3 Å². The van der Waals surface area contributed by atoms with Gasteiger partial charge in [0.25, 0.3) is 6.43 Å². The lowest BCUT2D eigenvalue weighted by molar-refractivity contribution is 0.0473. The van der Waals surface area contributed by atoms with Crippen LogP contribution in [-0.4, -0.2) is 29.0 Å². The van der Waals surface area contributed by atoms with E-state index in [2.05, 4.69) is 28.7 Å². The Kier molecular flexibility index (Phi) is 5.69. The van der Waals surface area contributed by atoms with E-state index in [4.69, 9.17) is 4.74 Å². The number of aromatic amines is 1. The van der Waals surface area contributed by atoms with Gasteiger partial charge in [-0.1, -0.05) is 18.2 Å². The number of ether oxygens (including phenoxy) is 1. The minimum Gasteiger partial charge on any atom is -0.457 e. The Balaban J connectivity index is 1.76. The highest BCUT2D eigenvalue weighted by molar-refractivity contribution is 5.93. The standard InChI is InChI=1S/C20H21F2N3O2/c1-3-25(4-2)17-8-6-5-7-14(17)12-27-20(26)13-9-10-15-16(11-13)24-19(23-15)18(21)22/h5-11,18H,3-4,12H2,1-2H3,(H,23,24). The first kappa shape index (κ1) is 18.8. The molecule has 7 heteroatoms. The summed E-state index contributed by atoms with van der Waals surface area (Å²) in [4.78, 5) is 20.9. The van der Waals surface area contributed by atoms with E-state index in [-0.39, 0.29) is 12.2 Å². The van der Waals surface area contributed by atoms with Gasteiger partial charge < -0.3 is 14.6 Å². The number of nitrogens with zero attached hydrogens (tertiary/aromatic N) is 2. The molecule has 0 atom stereocenters. The van der Waals surface area contributed by atoms with Crippen molar-refractivity contribution < 1.29 is 18.3 Å². The number of esters is 1. The maximum absolute atomic E-state index is 12.7. The van der Waals surface area contributed by atoms with Crippen molar-refractivity contribution in [1.82, 2.24) is 9.97 Å². The molecule has 0 aliphatic carbocycles. The third-order valence-corrected chi connectivity index (χ3v) is 4.40. The van der Waals surface area contributed by atoms with E-state index in [1.165, 1.54) is 18.2 Å². The lowest BCUT2D eigenvalue weighted by Crippen LogP contribution is -2.23. The predicted molar refractivity (Wildman–Crippen MR) is 100 cm³/mol. The molecule has 0 radical (unpaired) electrons. The fourth-order valence-electron chi connectivity index (χ4n) is 2.99. The van der Waals surface area contributed by atoms with Gasteiger partial charge in [-0.3, -0.25) is 0 Å². The summed E-state index contributed by atoms with van der Waals surface area (Å²) < 4.78 is 30.9. The van der Waals surface area contributed by atoms with Crippen molar-refractivity contribution >= 4 is 22.7 Å². The summed E-state index contributed by atoms with van der Waals surface area (Å²) in [7, 11) is 0. The minimum absolute atomic E-state index is 0.134. The summed E-state index contributed by atoms with van der Waals surface area (Å²) in [5, 5.41) is 0. The molecule has 0 fully saturated rings. The number of fused-ring (bicyclic) bond motifs is 1. The summed E-state index contributed by atoms with van der Waals surface area (Å²) in [6, 6.07) is 12.3. The number of alkyl halides is 2. The molecule has 3 aromatic rings. The second-order valence-corrected chi connectivity index (χ2v) is 6.03. The largest absolute Gasteiger partial charge is 0.457 e. The number of rotatable bonds is 7. The maximum Gasteiger partial charge on any atom is 0.338 e. The summed E-state index contributed by atoms with van der Waals surface area (Å²) in [6.07, 6.45) is -2.69. The van der Waals surface area contributed by atoms with Crippen molar-refractivity contribution in [3.05, 3.63) is 59.4 Å². The fraction of sp³-hybridized carbons (Fsp3) is 0.300. The monoisotopic (exact) mass is 373 g/mol. The SMILES string of the molecule is CCN(CC)c1ccccc1COC(=O)c1ccc2nc(C(F)F)[nH]c2c1. The van der Waals surface area contributed by atoms with Crippen LogP contribution in [0.1, 0.15) is 42.0 Å². The highest BCUT2D eigenvalue weighted by Crippen LogP contribution is 2.23. The number of carbonyl (C=O) groups is 1.